The first-order valence-electron chi connectivity index (χ1n) is 6.05. The van der Waals surface area contributed by atoms with Gasteiger partial charge in [-0.3, -0.25) is 4.79 Å². The van der Waals surface area contributed by atoms with Crippen LogP contribution in [0.1, 0.15) is 32.6 Å². The minimum atomic E-state index is -0.896. The SMILES string of the molecule is CCC(CC(=O)O)NC(=O)N1CCCC(N)C1. The molecule has 6 heteroatoms. The van der Waals surface area contributed by atoms with Crippen LogP contribution in [0.5, 0.6) is 0 Å². The van der Waals surface area contributed by atoms with Gasteiger partial charge >= 0.3 is 12.0 Å². The molecule has 1 fully saturated rings. The number of nitrogens with zero attached hydrogens (tertiary/aromatic N) is 1. The fourth-order valence-corrected chi connectivity index (χ4v) is 1.97. The first kappa shape index (κ1) is 13.8. The summed E-state index contributed by atoms with van der Waals surface area (Å²) in [5.74, 6) is -0.896. The van der Waals surface area contributed by atoms with Gasteiger partial charge in [-0.2, -0.15) is 0 Å². The summed E-state index contributed by atoms with van der Waals surface area (Å²) in [5.41, 5.74) is 5.79. The Hall–Kier alpha value is -1.30. The van der Waals surface area contributed by atoms with Crippen LogP contribution in [0.25, 0.3) is 0 Å². The van der Waals surface area contributed by atoms with E-state index in [0.29, 0.717) is 19.5 Å². The summed E-state index contributed by atoms with van der Waals surface area (Å²) in [4.78, 5) is 24.1. The van der Waals surface area contributed by atoms with Crippen molar-refractivity contribution < 1.29 is 14.7 Å². The Bertz CT molecular complexity index is 283. The molecule has 1 aliphatic rings. The van der Waals surface area contributed by atoms with Crippen molar-refractivity contribution >= 4 is 12.0 Å². The molecule has 2 atom stereocenters. The number of nitrogens with one attached hydrogen (secondary N) is 1. The number of carboxylic acid groups (broad SMARTS) is 1. The normalized spacial score (nSPS) is 22.0. The van der Waals surface area contributed by atoms with Crippen LogP contribution in [0.15, 0.2) is 0 Å². The lowest BCUT2D eigenvalue weighted by molar-refractivity contribution is -0.137. The first-order chi connectivity index (χ1) is 8.02. The van der Waals surface area contributed by atoms with Crippen LogP contribution >= 0.6 is 0 Å². The van der Waals surface area contributed by atoms with Crippen LogP contribution in [0.2, 0.25) is 0 Å². The van der Waals surface area contributed by atoms with E-state index in [4.69, 9.17) is 10.8 Å². The third kappa shape index (κ3) is 4.60. The summed E-state index contributed by atoms with van der Waals surface area (Å²) in [5, 5.41) is 11.4. The molecule has 0 aliphatic carbocycles. The predicted octanol–water partition coefficient (Wildman–Crippen LogP) is 0.372. The molecule has 2 amide bonds. The van der Waals surface area contributed by atoms with E-state index < -0.39 is 5.97 Å². The summed E-state index contributed by atoms with van der Waals surface area (Å²) >= 11 is 0. The number of hydrogen-bond donors (Lipinski definition) is 3. The zero-order valence-electron chi connectivity index (χ0n) is 10.2. The molecule has 0 radical (unpaired) electrons. The van der Waals surface area contributed by atoms with Crippen molar-refractivity contribution in [2.45, 2.75) is 44.7 Å². The molecular weight excluding hydrogens is 222 g/mol. The number of piperidine rings is 1. The van der Waals surface area contributed by atoms with E-state index >= 15 is 0 Å². The van der Waals surface area contributed by atoms with Crippen molar-refractivity contribution in [3.63, 3.8) is 0 Å². The fraction of sp³-hybridized carbons (Fsp3) is 0.818. The molecule has 0 spiro atoms. The third-order valence-electron chi connectivity index (χ3n) is 2.99. The molecule has 1 rings (SSSR count). The van der Waals surface area contributed by atoms with Gasteiger partial charge in [-0.1, -0.05) is 6.92 Å². The number of carboxylic acids is 1. The Morgan fingerprint density at radius 1 is 1.59 bits per heavy atom. The molecule has 0 aromatic heterocycles. The largest absolute Gasteiger partial charge is 0.481 e. The van der Waals surface area contributed by atoms with E-state index in [0.717, 1.165) is 12.8 Å². The van der Waals surface area contributed by atoms with Crippen molar-refractivity contribution in [1.82, 2.24) is 10.2 Å². The van der Waals surface area contributed by atoms with Crippen LogP contribution in [0.4, 0.5) is 4.79 Å². The highest BCUT2D eigenvalue weighted by Crippen LogP contribution is 2.09. The van der Waals surface area contributed by atoms with Crippen molar-refractivity contribution in [2.75, 3.05) is 13.1 Å². The van der Waals surface area contributed by atoms with Crippen LogP contribution in [0, 0.1) is 0 Å². The summed E-state index contributed by atoms with van der Waals surface area (Å²) in [6.07, 6.45) is 2.42. The second-order valence-corrected chi connectivity index (χ2v) is 4.50. The van der Waals surface area contributed by atoms with Crippen molar-refractivity contribution in [3.8, 4) is 0 Å². The van der Waals surface area contributed by atoms with E-state index in [2.05, 4.69) is 5.32 Å². The number of aliphatic carboxylic acids is 1. The van der Waals surface area contributed by atoms with E-state index in [-0.39, 0.29) is 24.5 Å². The molecule has 0 aromatic rings. The van der Waals surface area contributed by atoms with E-state index in [9.17, 15) is 9.59 Å². The van der Waals surface area contributed by atoms with E-state index in [1.165, 1.54) is 0 Å². The van der Waals surface area contributed by atoms with Crippen molar-refractivity contribution in [3.05, 3.63) is 0 Å². The zero-order chi connectivity index (χ0) is 12.8. The van der Waals surface area contributed by atoms with Gasteiger partial charge in [0, 0.05) is 25.2 Å². The van der Waals surface area contributed by atoms with Gasteiger partial charge in [0.25, 0.3) is 0 Å². The number of amides is 2. The number of urea groups is 1. The Morgan fingerprint density at radius 2 is 2.29 bits per heavy atom. The number of carbonyl (C=O) groups is 2. The molecule has 1 aliphatic heterocycles. The van der Waals surface area contributed by atoms with Crippen molar-refractivity contribution in [1.29, 1.82) is 0 Å². The maximum absolute atomic E-state index is 11.9. The number of likely N-dealkylation sites (tertiary alicyclic amines) is 1. The minimum absolute atomic E-state index is 0.0362. The van der Waals surface area contributed by atoms with E-state index in [1.54, 1.807) is 4.90 Å². The summed E-state index contributed by atoms with van der Waals surface area (Å²) in [7, 11) is 0. The molecule has 6 nitrogen and oxygen atoms in total. The Morgan fingerprint density at radius 3 is 2.82 bits per heavy atom. The summed E-state index contributed by atoms with van der Waals surface area (Å²) < 4.78 is 0. The van der Waals surface area contributed by atoms with Gasteiger partial charge in [0.05, 0.1) is 6.42 Å². The van der Waals surface area contributed by atoms with Crippen LogP contribution < -0.4 is 11.1 Å². The molecule has 98 valence electrons. The second-order valence-electron chi connectivity index (χ2n) is 4.50. The van der Waals surface area contributed by atoms with Gasteiger partial charge < -0.3 is 21.1 Å². The topological polar surface area (TPSA) is 95.7 Å². The quantitative estimate of drug-likeness (QED) is 0.664. The standard InChI is InChI=1S/C11H21N3O3/c1-2-9(6-10(15)16)13-11(17)14-5-3-4-8(12)7-14/h8-9H,2-7,12H2,1H3,(H,13,17)(H,15,16). The van der Waals surface area contributed by atoms with Crippen molar-refractivity contribution in [2.24, 2.45) is 5.73 Å². The lowest BCUT2D eigenvalue weighted by Crippen LogP contribution is -2.51. The molecule has 0 saturated carbocycles. The molecule has 17 heavy (non-hydrogen) atoms. The highest BCUT2D eigenvalue weighted by atomic mass is 16.4. The van der Waals surface area contributed by atoms with E-state index in [1.807, 2.05) is 6.92 Å². The third-order valence-corrected chi connectivity index (χ3v) is 2.99. The van der Waals surface area contributed by atoms with Gasteiger partial charge in [-0.25, -0.2) is 4.79 Å². The highest BCUT2D eigenvalue weighted by molar-refractivity contribution is 5.76. The van der Waals surface area contributed by atoms with Gasteiger partial charge in [-0.05, 0) is 19.3 Å². The monoisotopic (exact) mass is 243 g/mol. The highest BCUT2D eigenvalue weighted by Gasteiger charge is 2.23. The molecule has 2 unspecified atom stereocenters. The lowest BCUT2D eigenvalue weighted by atomic mass is 10.1. The second kappa shape index (κ2) is 6.44. The number of hydrogen-bond acceptors (Lipinski definition) is 3. The van der Waals surface area contributed by atoms with Crippen LogP contribution in [0.3, 0.4) is 0 Å². The average molecular weight is 243 g/mol. The Labute approximate surface area is 101 Å². The first-order valence-corrected chi connectivity index (χ1v) is 6.05. The smallest absolute Gasteiger partial charge is 0.317 e. The Kier molecular flexibility index (Phi) is 5.21. The van der Waals surface area contributed by atoms with Gasteiger partial charge in [-0.15, -0.1) is 0 Å². The summed E-state index contributed by atoms with van der Waals surface area (Å²) in [6.45, 7) is 3.11. The molecule has 4 N–H and O–H groups in total. The number of nitrogens with two attached hydrogens (primary N) is 1. The lowest BCUT2D eigenvalue weighted by Gasteiger charge is -2.32. The van der Waals surface area contributed by atoms with Crippen LogP contribution in [-0.2, 0) is 4.79 Å². The maximum Gasteiger partial charge on any atom is 0.317 e. The molecule has 0 aromatic carbocycles. The maximum atomic E-state index is 11.9. The minimum Gasteiger partial charge on any atom is -0.481 e. The molecular formula is C11H21N3O3. The summed E-state index contributed by atoms with van der Waals surface area (Å²) in [6, 6.07) is -0.472. The predicted molar refractivity (Wildman–Crippen MR) is 63.6 cm³/mol. The van der Waals surface area contributed by atoms with Gasteiger partial charge in [0.1, 0.15) is 0 Å². The Balaban J connectivity index is 2.43. The fourth-order valence-electron chi connectivity index (χ4n) is 1.97. The van der Waals surface area contributed by atoms with Gasteiger partial charge in [0.15, 0.2) is 0 Å². The molecule has 1 heterocycles. The van der Waals surface area contributed by atoms with Crippen LogP contribution in [-0.4, -0.2) is 47.2 Å². The zero-order valence-corrected chi connectivity index (χ0v) is 10.2. The average Bonchev–Trinajstić information content (AvgIpc) is 2.27. The molecule has 0 bridgehead atoms. The van der Waals surface area contributed by atoms with Gasteiger partial charge in [0.2, 0.25) is 0 Å². The number of rotatable bonds is 4. The molecule has 1 saturated heterocycles. The number of carbonyl (C=O) groups excluding carboxylic acids is 1.